The van der Waals surface area contributed by atoms with E-state index in [-0.39, 0.29) is 0 Å². The average molecular weight is 456 g/mol. The van der Waals surface area contributed by atoms with Gasteiger partial charge in [-0.2, -0.15) is 0 Å². The highest BCUT2D eigenvalue weighted by atomic mass is 79.9. The maximum atomic E-state index is 4.59. The van der Waals surface area contributed by atoms with Crippen molar-refractivity contribution in [3.8, 4) is 10.7 Å². The van der Waals surface area contributed by atoms with Crippen LogP contribution in [0.5, 0.6) is 0 Å². The van der Waals surface area contributed by atoms with Crippen LogP contribution in [0.15, 0.2) is 18.8 Å². The average Bonchev–Trinajstić information content (AvgIpc) is 2.70. The number of thiophene rings is 1. The summed E-state index contributed by atoms with van der Waals surface area (Å²) in [5.41, 5.74) is 1.00. The molecule has 0 aliphatic heterocycles. The van der Waals surface area contributed by atoms with Crippen molar-refractivity contribution in [2.45, 2.75) is 13.3 Å². The van der Waals surface area contributed by atoms with E-state index in [9.17, 15) is 0 Å². The number of aromatic nitrogens is 2. The van der Waals surface area contributed by atoms with Gasteiger partial charge >= 0.3 is 0 Å². The molecule has 2 aromatic heterocycles. The second kappa shape index (κ2) is 5.98. The summed E-state index contributed by atoms with van der Waals surface area (Å²) in [6.07, 6.45) is 0.860. The lowest BCUT2D eigenvalue weighted by Gasteiger charge is -2.08. The molecule has 0 unspecified atom stereocenters. The number of nitrogens with zero attached hydrogens (tertiary/aromatic N) is 2. The lowest BCUT2D eigenvalue weighted by molar-refractivity contribution is 0.994. The highest BCUT2D eigenvalue weighted by Crippen LogP contribution is 2.38. The summed E-state index contributed by atoms with van der Waals surface area (Å²) < 4.78 is 3.01. The SMILES string of the molecule is CCc1nc(-c2cc(Br)c(Br)s2)nc(NC)c1Br. The number of rotatable bonds is 3. The van der Waals surface area contributed by atoms with Crippen LogP contribution < -0.4 is 5.32 Å². The van der Waals surface area contributed by atoms with Crippen LogP contribution in [0.25, 0.3) is 10.7 Å². The lowest BCUT2D eigenvalue weighted by atomic mass is 10.3. The first-order valence-electron chi connectivity index (χ1n) is 5.26. The molecule has 7 heteroatoms. The molecule has 0 atom stereocenters. The number of hydrogen-bond donors (Lipinski definition) is 1. The van der Waals surface area contributed by atoms with Crippen LogP contribution >= 0.6 is 59.1 Å². The normalized spacial score (nSPS) is 10.7. The molecule has 3 nitrogen and oxygen atoms in total. The molecule has 0 amide bonds. The van der Waals surface area contributed by atoms with Gasteiger partial charge in [-0.25, -0.2) is 9.97 Å². The maximum Gasteiger partial charge on any atom is 0.172 e. The van der Waals surface area contributed by atoms with Crippen LogP contribution in [-0.4, -0.2) is 17.0 Å². The van der Waals surface area contributed by atoms with E-state index in [1.165, 1.54) is 0 Å². The molecule has 0 aliphatic rings. The Labute approximate surface area is 135 Å². The Hall–Kier alpha value is 0.0200. The first-order chi connectivity index (χ1) is 8.56. The Morgan fingerprint density at radius 2 is 2.00 bits per heavy atom. The summed E-state index contributed by atoms with van der Waals surface area (Å²) >= 11 is 12.1. The highest BCUT2D eigenvalue weighted by molar-refractivity contribution is 9.13. The maximum absolute atomic E-state index is 4.59. The van der Waals surface area contributed by atoms with E-state index in [0.717, 1.165) is 41.4 Å². The van der Waals surface area contributed by atoms with Crippen molar-refractivity contribution < 1.29 is 0 Å². The van der Waals surface area contributed by atoms with Gasteiger partial charge < -0.3 is 5.32 Å². The summed E-state index contributed by atoms with van der Waals surface area (Å²) in [4.78, 5) is 10.2. The fraction of sp³-hybridized carbons (Fsp3) is 0.273. The summed E-state index contributed by atoms with van der Waals surface area (Å²) in [6.45, 7) is 2.08. The summed E-state index contributed by atoms with van der Waals surface area (Å²) in [5, 5.41) is 3.08. The van der Waals surface area contributed by atoms with E-state index < -0.39 is 0 Å². The van der Waals surface area contributed by atoms with Crippen molar-refractivity contribution in [1.29, 1.82) is 0 Å². The van der Waals surface area contributed by atoms with Crippen LogP contribution in [0, 0.1) is 0 Å². The van der Waals surface area contributed by atoms with Crippen molar-refractivity contribution in [3.63, 3.8) is 0 Å². The first kappa shape index (κ1) is 14.4. The Balaban J connectivity index is 2.57. The molecule has 0 aromatic carbocycles. The van der Waals surface area contributed by atoms with Crippen LogP contribution in [-0.2, 0) is 6.42 Å². The molecule has 96 valence electrons. The monoisotopic (exact) mass is 453 g/mol. The molecule has 0 saturated carbocycles. The second-order valence-electron chi connectivity index (χ2n) is 3.49. The lowest BCUT2D eigenvalue weighted by Crippen LogP contribution is -2.02. The van der Waals surface area contributed by atoms with Crippen LogP contribution in [0.3, 0.4) is 0 Å². The molecule has 0 spiro atoms. The van der Waals surface area contributed by atoms with Gasteiger partial charge in [0.1, 0.15) is 5.82 Å². The minimum absolute atomic E-state index is 0.746. The fourth-order valence-electron chi connectivity index (χ4n) is 1.46. The predicted octanol–water partition coefficient (Wildman–Crippen LogP) is 5.10. The van der Waals surface area contributed by atoms with Gasteiger partial charge in [-0.3, -0.25) is 0 Å². The third-order valence-corrected chi connectivity index (χ3v) is 6.44. The summed E-state index contributed by atoms with van der Waals surface area (Å²) in [6, 6.07) is 2.02. The van der Waals surface area contributed by atoms with Gasteiger partial charge in [0.2, 0.25) is 0 Å². The zero-order valence-corrected chi connectivity index (χ0v) is 15.3. The second-order valence-corrected chi connectivity index (χ2v) is 7.51. The van der Waals surface area contributed by atoms with E-state index in [4.69, 9.17) is 0 Å². The smallest absolute Gasteiger partial charge is 0.172 e. The third-order valence-electron chi connectivity index (χ3n) is 2.36. The number of nitrogens with one attached hydrogen (secondary N) is 1. The van der Waals surface area contributed by atoms with E-state index in [1.807, 2.05) is 13.1 Å². The van der Waals surface area contributed by atoms with Gasteiger partial charge in [0.15, 0.2) is 5.82 Å². The predicted molar refractivity (Wildman–Crippen MR) is 87.4 cm³/mol. The molecule has 0 aliphatic carbocycles. The van der Waals surface area contributed by atoms with Gasteiger partial charge in [-0.1, -0.05) is 6.92 Å². The van der Waals surface area contributed by atoms with E-state index in [0.29, 0.717) is 0 Å². The van der Waals surface area contributed by atoms with Gasteiger partial charge in [-0.05, 0) is 60.3 Å². The molecule has 0 saturated heterocycles. The fourth-order valence-corrected chi connectivity index (χ4v) is 4.09. The van der Waals surface area contributed by atoms with Crippen molar-refractivity contribution >= 4 is 64.9 Å². The van der Waals surface area contributed by atoms with E-state index >= 15 is 0 Å². The van der Waals surface area contributed by atoms with Crippen LogP contribution in [0.4, 0.5) is 5.82 Å². The summed E-state index contributed by atoms with van der Waals surface area (Å²) in [5.74, 6) is 1.56. The number of halogens is 3. The molecule has 0 fully saturated rings. The zero-order chi connectivity index (χ0) is 13.3. The zero-order valence-electron chi connectivity index (χ0n) is 9.72. The number of aryl methyl sites for hydroxylation is 1. The molecule has 2 heterocycles. The highest BCUT2D eigenvalue weighted by Gasteiger charge is 2.14. The third kappa shape index (κ3) is 2.79. The molecular weight excluding hydrogens is 446 g/mol. The van der Waals surface area contributed by atoms with Crippen LogP contribution in [0.1, 0.15) is 12.6 Å². The Morgan fingerprint density at radius 1 is 1.28 bits per heavy atom. The van der Waals surface area contributed by atoms with Crippen molar-refractivity contribution in [2.24, 2.45) is 0 Å². The van der Waals surface area contributed by atoms with Crippen LogP contribution in [0.2, 0.25) is 0 Å². The Kier molecular flexibility index (Phi) is 4.80. The minimum atomic E-state index is 0.746. The molecule has 18 heavy (non-hydrogen) atoms. The number of hydrogen-bond acceptors (Lipinski definition) is 4. The molecule has 1 N–H and O–H groups in total. The minimum Gasteiger partial charge on any atom is -0.372 e. The van der Waals surface area contributed by atoms with Crippen molar-refractivity contribution in [3.05, 3.63) is 24.5 Å². The molecule has 0 bridgehead atoms. The first-order valence-corrected chi connectivity index (χ1v) is 8.45. The van der Waals surface area contributed by atoms with E-state index in [2.05, 4.69) is 70.0 Å². The Morgan fingerprint density at radius 3 is 2.50 bits per heavy atom. The van der Waals surface area contributed by atoms with Gasteiger partial charge in [0.05, 0.1) is 18.8 Å². The van der Waals surface area contributed by atoms with Gasteiger partial charge in [0, 0.05) is 11.5 Å². The quantitative estimate of drug-likeness (QED) is 0.700. The molecule has 2 aromatic rings. The van der Waals surface area contributed by atoms with Gasteiger partial charge in [0.25, 0.3) is 0 Å². The van der Waals surface area contributed by atoms with E-state index in [1.54, 1.807) is 11.3 Å². The topological polar surface area (TPSA) is 37.8 Å². The summed E-state index contributed by atoms with van der Waals surface area (Å²) in [7, 11) is 1.86. The largest absolute Gasteiger partial charge is 0.372 e. The molecular formula is C11H10Br3N3S. The van der Waals surface area contributed by atoms with Crippen molar-refractivity contribution in [2.75, 3.05) is 12.4 Å². The standard InChI is InChI=1S/C11H10Br3N3S/c1-3-6-8(13)11(15-2)17-10(16-6)7-4-5(12)9(14)18-7/h4H,3H2,1-2H3,(H,15,16,17). The number of anilines is 1. The molecule has 2 rings (SSSR count). The molecule has 0 radical (unpaired) electrons. The van der Waals surface area contributed by atoms with Gasteiger partial charge in [-0.15, -0.1) is 11.3 Å². The Bertz CT molecular complexity index is 538. The van der Waals surface area contributed by atoms with Crippen molar-refractivity contribution in [1.82, 2.24) is 9.97 Å².